The molecule has 1 aliphatic rings. The van der Waals surface area contributed by atoms with Gasteiger partial charge in [-0.3, -0.25) is 0 Å². The number of pyridine rings is 2. The Morgan fingerprint density at radius 2 is 0.934 bits per heavy atom. The van der Waals surface area contributed by atoms with E-state index in [2.05, 4.69) is 248 Å². The fourth-order valence-electron chi connectivity index (χ4n) is 11.3. The SMILES string of the molecule is CC(C)(C)c1ccnc(-n2c3[c-]c(Oc4[c-]c(N5[CH-]N(c6c(-n7c8ccccc8c8ccccc87)cc(C(C)(C)C)cc6-n6c7ccccc7c7ccccc76)c6cccnc65)ccc4)ccc3c3ccccc32)c1.[Pt]. The van der Waals surface area contributed by atoms with Crippen molar-refractivity contribution in [3.05, 3.63) is 230 Å². The molecule has 9 heteroatoms. The number of hydrogen-bond acceptors (Lipinski definition) is 5. The molecule has 0 aliphatic carbocycles. The van der Waals surface area contributed by atoms with Gasteiger partial charge >= 0.3 is 0 Å². The maximum absolute atomic E-state index is 6.77. The largest absolute Gasteiger partial charge is 0.509 e. The number of aromatic nitrogens is 5. The molecule has 8 nitrogen and oxygen atoms in total. The topological polar surface area (TPSA) is 56.3 Å². The maximum Gasteiger partial charge on any atom is 0.135 e. The van der Waals surface area contributed by atoms with E-state index in [1.54, 1.807) is 0 Å². The summed E-state index contributed by atoms with van der Waals surface area (Å²) in [6.45, 7) is 15.8. The maximum atomic E-state index is 6.77. The van der Waals surface area contributed by atoms with E-state index in [4.69, 9.17) is 14.7 Å². The third-order valence-corrected chi connectivity index (χ3v) is 14.9. The first-order chi connectivity index (χ1) is 36.5. The van der Waals surface area contributed by atoms with Gasteiger partial charge < -0.3 is 28.2 Å². The van der Waals surface area contributed by atoms with Crippen LogP contribution in [0, 0.1) is 18.8 Å². The molecule has 0 bridgehead atoms. The fraction of sp³-hybridized carbons (Fsp3) is 0.119. The van der Waals surface area contributed by atoms with Gasteiger partial charge in [0.05, 0.1) is 44.8 Å². The Bertz CT molecular complexity index is 4190. The van der Waals surface area contributed by atoms with Crippen LogP contribution in [0.2, 0.25) is 0 Å². The van der Waals surface area contributed by atoms with Crippen molar-refractivity contribution in [1.82, 2.24) is 23.7 Å². The van der Waals surface area contributed by atoms with Crippen LogP contribution in [0.5, 0.6) is 11.5 Å². The van der Waals surface area contributed by atoms with Gasteiger partial charge in [-0.2, -0.15) is 12.1 Å². The fourth-order valence-corrected chi connectivity index (χ4v) is 11.3. The van der Waals surface area contributed by atoms with Crippen LogP contribution >= 0.6 is 0 Å². The summed E-state index contributed by atoms with van der Waals surface area (Å²) in [6, 6.07) is 74.3. The minimum absolute atomic E-state index is 0. The van der Waals surface area contributed by atoms with E-state index < -0.39 is 0 Å². The number of anilines is 4. The van der Waals surface area contributed by atoms with Crippen LogP contribution < -0.4 is 14.5 Å². The van der Waals surface area contributed by atoms with Gasteiger partial charge in [0.25, 0.3) is 0 Å². The van der Waals surface area contributed by atoms with Crippen molar-refractivity contribution in [2.75, 3.05) is 9.80 Å². The van der Waals surface area contributed by atoms with Crippen molar-refractivity contribution in [2.45, 2.75) is 52.4 Å². The quantitative estimate of drug-likeness (QED) is 0.149. The first-order valence-electron chi connectivity index (χ1n) is 25.6. The van der Waals surface area contributed by atoms with Gasteiger partial charge in [-0.25, -0.2) is 9.97 Å². The van der Waals surface area contributed by atoms with E-state index in [0.29, 0.717) is 11.5 Å². The van der Waals surface area contributed by atoms with Gasteiger partial charge in [0.1, 0.15) is 11.6 Å². The third-order valence-electron chi connectivity index (χ3n) is 14.9. The molecule has 5 aromatic heterocycles. The van der Waals surface area contributed by atoms with Crippen LogP contribution in [0.25, 0.3) is 82.6 Å². The standard InChI is InChI=1S/C67H52N7O.Pt/c1-66(2,3)43-34-36-68-63(39-43)74-58-30-16-11-25-52(58)53-33-32-47(41-60(53)74)75-46-20-17-19-45(40-46)70-42-71(59-31-18-35-69-65(59)70)64-61(72-54-26-12-7-21-48(54)49-22-8-13-27-55(49)72)37-44(67(4,5)6)38-62(64)73-56-28-14-9-23-50(56)51-24-10-15-29-57(51)73;/h7-39,42H,1-6H3;/q-3;. The van der Waals surface area contributed by atoms with Gasteiger partial charge in [-0.05, 0) is 94.1 Å². The minimum Gasteiger partial charge on any atom is -0.509 e. The van der Waals surface area contributed by atoms with E-state index in [1.165, 1.54) is 32.7 Å². The number of ether oxygens (including phenoxy) is 1. The Balaban J connectivity index is 0.00000553. The zero-order valence-corrected chi connectivity index (χ0v) is 45.3. The molecule has 0 fully saturated rings. The zero-order chi connectivity index (χ0) is 50.7. The van der Waals surface area contributed by atoms with Crippen molar-refractivity contribution in [3.63, 3.8) is 0 Å². The summed E-state index contributed by atoms with van der Waals surface area (Å²) in [5, 5.41) is 6.99. The van der Waals surface area contributed by atoms with Gasteiger partial charge in [0.2, 0.25) is 0 Å². The molecule has 8 aromatic carbocycles. The van der Waals surface area contributed by atoms with Crippen molar-refractivity contribution in [3.8, 4) is 28.7 Å². The van der Waals surface area contributed by atoms with Crippen LogP contribution in [0.15, 0.2) is 200 Å². The molecule has 0 amide bonds. The smallest absolute Gasteiger partial charge is 0.135 e. The number of hydrogen-bond donors (Lipinski definition) is 0. The predicted molar refractivity (Wildman–Crippen MR) is 308 cm³/mol. The first kappa shape index (κ1) is 47.3. The molecule has 374 valence electrons. The van der Waals surface area contributed by atoms with Crippen LogP contribution in [-0.4, -0.2) is 23.7 Å². The van der Waals surface area contributed by atoms with E-state index in [0.717, 1.165) is 83.9 Å². The molecule has 0 unspecified atom stereocenters. The Morgan fingerprint density at radius 1 is 0.421 bits per heavy atom. The average Bonchev–Trinajstić information content (AvgIpc) is 4.26. The molecule has 0 saturated heterocycles. The molecule has 76 heavy (non-hydrogen) atoms. The predicted octanol–water partition coefficient (Wildman–Crippen LogP) is 17.2. The summed E-state index contributed by atoms with van der Waals surface area (Å²) in [7, 11) is 0. The van der Waals surface area contributed by atoms with E-state index in [9.17, 15) is 0 Å². The van der Waals surface area contributed by atoms with E-state index >= 15 is 0 Å². The molecule has 0 saturated carbocycles. The number of fused-ring (bicyclic) bond motifs is 10. The van der Waals surface area contributed by atoms with Crippen LogP contribution in [0.4, 0.5) is 22.9 Å². The second-order valence-electron chi connectivity index (χ2n) is 21.6. The number of rotatable bonds is 7. The summed E-state index contributed by atoms with van der Waals surface area (Å²) < 4.78 is 13.9. The molecule has 0 spiro atoms. The number of nitrogens with zero attached hydrogens (tertiary/aromatic N) is 7. The summed E-state index contributed by atoms with van der Waals surface area (Å²) in [5.41, 5.74) is 13.4. The summed E-state index contributed by atoms with van der Waals surface area (Å²) in [4.78, 5) is 14.5. The summed E-state index contributed by atoms with van der Waals surface area (Å²) >= 11 is 0. The third kappa shape index (κ3) is 7.52. The average molecular weight is 1170 g/mol. The van der Waals surface area contributed by atoms with Gasteiger partial charge in [0.15, 0.2) is 0 Å². The molecule has 14 rings (SSSR count). The number of para-hydroxylation sites is 5. The Morgan fingerprint density at radius 3 is 1.49 bits per heavy atom. The van der Waals surface area contributed by atoms with Gasteiger partial charge in [-0.1, -0.05) is 144 Å². The van der Waals surface area contributed by atoms with Crippen molar-refractivity contribution < 1.29 is 25.8 Å². The second-order valence-corrected chi connectivity index (χ2v) is 21.6. The summed E-state index contributed by atoms with van der Waals surface area (Å²) in [5.74, 6) is 2.73. The molecular weight excluding hydrogens is 1110 g/mol. The Hall–Kier alpha value is -8.45. The normalized spacial score (nSPS) is 12.9. The van der Waals surface area contributed by atoms with Crippen LogP contribution in [0.3, 0.4) is 0 Å². The van der Waals surface area contributed by atoms with Crippen LogP contribution in [-0.2, 0) is 31.9 Å². The molecule has 1 aliphatic heterocycles. The van der Waals surface area contributed by atoms with Crippen molar-refractivity contribution >= 4 is 88.3 Å². The number of benzene rings is 8. The van der Waals surface area contributed by atoms with Crippen LogP contribution in [0.1, 0.15) is 52.7 Å². The molecular formula is C67H52N7OPt-3. The minimum atomic E-state index is -0.206. The monoisotopic (exact) mass is 1170 g/mol. The van der Waals surface area contributed by atoms with Crippen molar-refractivity contribution in [1.29, 1.82) is 0 Å². The first-order valence-corrected chi connectivity index (χ1v) is 25.6. The molecule has 6 heterocycles. The van der Waals surface area contributed by atoms with E-state index in [1.807, 2.05) is 36.7 Å². The molecule has 0 N–H and O–H groups in total. The van der Waals surface area contributed by atoms with Gasteiger partial charge in [-0.15, -0.1) is 42.4 Å². The summed E-state index contributed by atoms with van der Waals surface area (Å²) in [6.07, 6.45) is 3.77. The second kappa shape index (κ2) is 17.9. The molecule has 0 atom stereocenters. The van der Waals surface area contributed by atoms with Gasteiger partial charge in [0, 0.05) is 72.0 Å². The van der Waals surface area contributed by atoms with E-state index in [-0.39, 0.29) is 31.9 Å². The Labute approximate surface area is 456 Å². The Kier molecular flexibility index (Phi) is 11.1. The van der Waals surface area contributed by atoms with Crippen molar-refractivity contribution in [2.24, 2.45) is 0 Å². The zero-order valence-electron chi connectivity index (χ0n) is 43.0. The molecule has 13 aromatic rings. The molecule has 0 radical (unpaired) electrons.